The molecule has 0 saturated carbocycles. The van der Waals surface area contributed by atoms with Crippen LogP contribution in [0.5, 0.6) is 0 Å². The second kappa shape index (κ2) is 6.70. The van der Waals surface area contributed by atoms with Gasteiger partial charge in [-0.15, -0.1) is 0 Å². The third-order valence-corrected chi connectivity index (χ3v) is 4.98. The van der Waals surface area contributed by atoms with E-state index < -0.39 is 5.60 Å². The summed E-state index contributed by atoms with van der Waals surface area (Å²) in [4.78, 5) is 25.5. The molecule has 0 radical (unpaired) electrons. The van der Waals surface area contributed by atoms with E-state index in [-0.39, 0.29) is 12.1 Å². The summed E-state index contributed by atoms with van der Waals surface area (Å²) < 4.78 is 5.44. The van der Waals surface area contributed by atoms with Crippen LogP contribution in [-0.2, 0) is 11.2 Å². The van der Waals surface area contributed by atoms with E-state index in [2.05, 4.69) is 20.8 Å². The van der Waals surface area contributed by atoms with E-state index in [0.717, 1.165) is 36.2 Å². The summed E-state index contributed by atoms with van der Waals surface area (Å²) in [7, 11) is 0. The summed E-state index contributed by atoms with van der Waals surface area (Å²) in [6.45, 7) is 6.37. The molecule has 3 heterocycles. The number of aromatic nitrogens is 2. The number of alkyl carbamates (subject to hydrolysis) is 1. The van der Waals surface area contributed by atoms with Crippen molar-refractivity contribution < 1.29 is 14.3 Å². The summed E-state index contributed by atoms with van der Waals surface area (Å²) in [5.74, 6) is 0. The van der Waals surface area contributed by atoms with Gasteiger partial charge in [-0.05, 0) is 38.7 Å². The fourth-order valence-electron chi connectivity index (χ4n) is 3.50. The molecule has 8 heteroatoms. The van der Waals surface area contributed by atoms with Gasteiger partial charge in [0.15, 0.2) is 0 Å². The largest absolute Gasteiger partial charge is 0.441 e. The number of amides is 3. The number of rotatable bonds is 3. The number of carbonyl (C=O) groups is 2. The Hall–Kier alpha value is -2.25. The van der Waals surface area contributed by atoms with Gasteiger partial charge in [0.2, 0.25) is 0 Å². The van der Waals surface area contributed by atoms with E-state index in [0.29, 0.717) is 32.6 Å². The molecule has 2 aliphatic rings. The Labute approximate surface area is 141 Å². The van der Waals surface area contributed by atoms with Crippen molar-refractivity contribution in [3.8, 4) is 0 Å². The molecule has 3 rings (SSSR count). The minimum atomic E-state index is -0.433. The molecular formula is C16H25N5O3. The van der Waals surface area contributed by atoms with Crippen LogP contribution in [0.3, 0.4) is 0 Å². The fourth-order valence-corrected chi connectivity index (χ4v) is 3.50. The topological polar surface area (TPSA) is 99.4 Å². The molecule has 0 aliphatic carbocycles. The van der Waals surface area contributed by atoms with Crippen LogP contribution in [0.15, 0.2) is 0 Å². The molecule has 3 N–H and O–H groups in total. The molecule has 2 aliphatic heterocycles. The molecule has 8 nitrogen and oxygen atoms in total. The highest BCUT2D eigenvalue weighted by Gasteiger charge is 2.41. The lowest BCUT2D eigenvalue weighted by Crippen LogP contribution is -2.42. The van der Waals surface area contributed by atoms with Crippen LogP contribution in [0.4, 0.5) is 9.59 Å². The van der Waals surface area contributed by atoms with E-state index in [1.54, 1.807) is 0 Å². The summed E-state index contributed by atoms with van der Waals surface area (Å²) in [6.07, 6.45) is 2.72. The predicted octanol–water partition coefficient (Wildman–Crippen LogP) is 1.24. The van der Waals surface area contributed by atoms with Gasteiger partial charge in [-0.3, -0.25) is 5.10 Å². The third kappa shape index (κ3) is 3.47. The average molecular weight is 335 g/mol. The Morgan fingerprint density at radius 2 is 2.21 bits per heavy atom. The number of carbonyl (C=O) groups excluding carboxylic acids is 2. The van der Waals surface area contributed by atoms with Crippen LogP contribution in [-0.4, -0.2) is 59.0 Å². The highest BCUT2D eigenvalue weighted by molar-refractivity contribution is 5.74. The second-order valence-corrected chi connectivity index (χ2v) is 6.66. The molecular weight excluding hydrogens is 310 g/mol. The van der Waals surface area contributed by atoms with Crippen molar-refractivity contribution in [2.24, 2.45) is 0 Å². The van der Waals surface area contributed by atoms with Crippen LogP contribution in [0, 0.1) is 13.8 Å². The normalized spacial score (nSPS) is 23.8. The van der Waals surface area contributed by atoms with Crippen molar-refractivity contribution in [2.75, 3.05) is 26.2 Å². The highest BCUT2D eigenvalue weighted by Crippen LogP contribution is 2.29. The molecule has 0 bridgehead atoms. The minimum absolute atomic E-state index is 0.0527. The number of aryl methyl sites for hydroxylation is 2. The van der Waals surface area contributed by atoms with Gasteiger partial charge in [-0.25, -0.2) is 9.59 Å². The number of likely N-dealkylation sites (tertiary alicyclic amines) is 1. The van der Waals surface area contributed by atoms with Crippen molar-refractivity contribution in [1.82, 2.24) is 25.7 Å². The lowest BCUT2D eigenvalue weighted by molar-refractivity contribution is 0.0453. The fraction of sp³-hybridized carbons (Fsp3) is 0.688. The second-order valence-electron chi connectivity index (χ2n) is 6.66. The van der Waals surface area contributed by atoms with Gasteiger partial charge in [0, 0.05) is 31.7 Å². The first kappa shape index (κ1) is 16.6. The van der Waals surface area contributed by atoms with Gasteiger partial charge in [0.25, 0.3) is 0 Å². The maximum absolute atomic E-state index is 12.4. The molecule has 1 atom stereocenters. The number of H-pyrrole nitrogens is 1. The van der Waals surface area contributed by atoms with E-state index in [4.69, 9.17) is 4.74 Å². The van der Waals surface area contributed by atoms with E-state index in [1.165, 1.54) is 0 Å². The Bertz CT molecular complexity index is 610. The standard InChI is InChI=1S/C16H25N5O3/c1-11-13(12(2)20-19-11)4-7-17-14(22)21-8-3-5-16(6-9-21)10-18-15(23)24-16/h3-10H2,1-2H3,(H,17,22)(H,18,23)(H,19,20)/t16-/m1/s1. The number of hydrogen-bond acceptors (Lipinski definition) is 4. The summed E-state index contributed by atoms with van der Waals surface area (Å²) in [5, 5.41) is 12.8. The Morgan fingerprint density at radius 3 is 2.88 bits per heavy atom. The Kier molecular flexibility index (Phi) is 4.64. The smallest absolute Gasteiger partial charge is 0.407 e. The monoisotopic (exact) mass is 335 g/mol. The van der Waals surface area contributed by atoms with Gasteiger partial charge in [0.05, 0.1) is 12.2 Å². The SMILES string of the molecule is Cc1n[nH]c(C)c1CCNC(=O)N1CCC[C@@]2(CC1)CNC(=O)O2. The van der Waals surface area contributed by atoms with Crippen molar-refractivity contribution in [3.05, 3.63) is 17.0 Å². The van der Waals surface area contributed by atoms with E-state index >= 15 is 0 Å². The lowest BCUT2D eigenvalue weighted by atomic mass is 9.95. The zero-order chi connectivity index (χ0) is 17.2. The molecule has 0 unspecified atom stereocenters. The molecule has 3 amide bonds. The first-order chi connectivity index (χ1) is 11.5. The Morgan fingerprint density at radius 1 is 1.38 bits per heavy atom. The zero-order valence-corrected chi connectivity index (χ0v) is 14.3. The average Bonchev–Trinajstić information content (AvgIpc) is 2.98. The molecule has 1 aromatic heterocycles. The molecule has 2 saturated heterocycles. The van der Waals surface area contributed by atoms with Crippen LogP contribution < -0.4 is 10.6 Å². The predicted molar refractivity (Wildman–Crippen MR) is 87.8 cm³/mol. The highest BCUT2D eigenvalue weighted by atomic mass is 16.6. The van der Waals surface area contributed by atoms with Gasteiger partial charge in [-0.2, -0.15) is 5.10 Å². The lowest BCUT2D eigenvalue weighted by Gasteiger charge is -2.25. The van der Waals surface area contributed by atoms with Crippen LogP contribution in [0.2, 0.25) is 0 Å². The van der Waals surface area contributed by atoms with Gasteiger partial charge in [-0.1, -0.05) is 0 Å². The van der Waals surface area contributed by atoms with Crippen LogP contribution >= 0.6 is 0 Å². The van der Waals surface area contributed by atoms with Crippen molar-refractivity contribution in [1.29, 1.82) is 0 Å². The maximum atomic E-state index is 12.4. The number of ether oxygens (including phenoxy) is 1. The first-order valence-electron chi connectivity index (χ1n) is 8.49. The molecule has 0 aromatic carbocycles. The quantitative estimate of drug-likeness (QED) is 0.774. The molecule has 132 valence electrons. The van der Waals surface area contributed by atoms with Crippen LogP contribution in [0.1, 0.15) is 36.2 Å². The number of urea groups is 1. The van der Waals surface area contributed by atoms with Crippen molar-refractivity contribution >= 4 is 12.1 Å². The molecule has 1 spiro atoms. The van der Waals surface area contributed by atoms with Gasteiger partial charge >= 0.3 is 12.1 Å². The summed E-state index contributed by atoms with van der Waals surface area (Å²) >= 11 is 0. The summed E-state index contributed by atoms with van der Waals surface area (Å²) in [6, 6.07) is -0.0527. The third-order valence-electron chi connectivity index (χ3n) is 4.98. The van der Waals surface area contributed by atoms with E-state index in [1.807, 2.05) is 18.7 Å². The number of hydrogen-bond donors (Lipinski definition) is 3. The zero-order valence-electron chi connectivity index (χ0n) is 14.3. The molecule has 24 heavy (non-hydrogen) atoms. The van der Waals surface area contributed by atoms with E-state index in [9.17, 15) is 9.59 Å². The van der Waals surface area contributed by atoms with Gasteiger partial charge < -0.3 is 20.3 Å². The first-order valence-corrected chi connectivity index (χ1v) is 8.49. The number of nitrogens with one attached hydrogen (secondary N) is 3. The molecule has 1 aromatic rings. The Balaban J connectivity index is 1.48. The number of aromatic amines is 1. The summed E-state index contributed by atoms with van der Waals surface area (Å²) in [5.41, 5.74) is 2.76. The molecule has 2 fully saturated rings. The van der Waals surface area contributed by atoms with Gasteiger partial charge in [0.1, 0.15) is 5.60 Å². The van der Waals surface area contributed by atoms with Crippen molar-refractivity contribution in [3.63, 3.8) is 0 Å². The minimum Gasteiger partial charge on any atom is -0.441 e. The number of nitrogens with zero attached hydrogens (tertiary/aromatic N) is 2. The van der Waals surface area contributed by atoms with Crippen molar-refractivity contribution in [2.45, 2.75) is 45.1 Å². The maximum Gasteiger partial charge on any atom is 0.407 e. The van der Waals surface area contributed by atoms with Crippen LogP contribution in [0.25, 0.3) is 0 Å².